The van der Waals surface area contributed by atoms with Crippen molar-refractivity contribution in [3.8, 4) is 0 Å². The molecule has 1 fully saturated rings. The van der Waals surface area contributed by atoms with E-state index in [1.807, 2.05) is 19.1 Å². The van der Waals surface area contributed by atoms with Crippen molar-refractivity contribution in [2.75, 3.05) is 31.6 Å². The molecule has 3 amide bonds. The Bertz CT molecular complexity index is 527. The second-order valence-corrected chi connectivity index (χ2v) is 5.52. The topological polar surface area (TPSA) is 73.5 Å². The van der Waals surface area contributed by atoms with E-state index in [-0.39, 0.29) is 18.5 Å². The first-order valence-electron chi connectivity index (χ1n) is 7.70. The van der Waals surface area contributed by atoms with Crippen LogP contribution in [0, 0.1) is 0 Å². The molecule has 0 aromatic heterocycles. The lowest BCUT2D eigenvalue weighted by atomic mass is 10.1. The van der Waals surface area contributed by atoms with E-state index >= 15 is 0 Å². The fourth-order valence-electron chi connectivity index (χ4n) is 2.56. The smallest absolute Gasteiger partial charge is 0.321 e. The number of rotatable bonds is 5. The minimum absolute atomic E-state index is 0.0398. The van der Waals surface area contributed by atoms with E-state index in [1.165, 1.54) is 25.6 Å². The minimum atomic E-state index is -0.490. The van der Waals surface area contributed by atoms with E-state index in [0.717, 1.165) is 18.7 Å². The Hall–Kier alpha value is -2.08. The van der Waals surface area contributed by atoms with Crippen LogP contribution in [0.5, 0.6) is 0 Å². The number of carbonyl (C=O) groups is 2. The van der Waals surface area contributed by atoms with E-state index in [1.54, 1.807) is 0 Å². The molecule has 3 N–H and O–H groups in total. The summed E-state index contributed by atoms with van der Waals surface area (Å²) in [5.41, 5.74) is 2.37. The summed E-state index contributed by atoms with van der Waals surface area (Å²) in [5.74, 6) is -0.345. The van der Waals surface area contributed by atoms with Gasteiger partial charge in [-0.25, -0.2) is 4.79 Å². The average Bonchev–Trinajstić information content (AvgIpc) is 3.07. The number of urea groups is 1. The van der Waals surface area contributed by atoms with Crippen LogP contribution in [0.2, 0.25) is 0 Å². The van der Waals surface area contributed by atoms with Crippen molar-refractivity contribution in [3.63, 3.8) is 0 Å². The standard InChI is InChI=1S/C16H24N4O2/c1-12(18-11-15(21)19-16(22)17-2)13-6-5-7-14(10-13)20-8-3-4-9-20/h5-7,10,12,18H,3-4,8-9,11H2,1-2H3,(H2,17,19,21,22)/t12-/m0/s1. The van der Waals surface area contributed by atoms with Crippen molar-refractivity contribution in [2.45, 2.75) is 25.8 Å². The lowest BCUT2D eigenvalue weighted by Gasteiger charge is -2.20. The summed E-state index contributed by atoms with van der Waals surface area (Å²) in [5, 5.41) is 7.72. The number of amides is 3. The number of carbonyl (C=O) groups excluding carboxylic acids is 2. The van der Waals surface area contributed by atoms with Crippen LogP contribution in [0.1, 0.15) is 31.4 Å². The third-order valence-electron chi connectivity index (χ3n) is 3.89. The van der Waals surface area contributed by atoms with Crippen molar-refractivity contribution in [1.29, 1.82) is 0 Å². The predicted molar refractivity (Wildman–Crippen MR) is 86.9 cm³/mol. The van der Waals surface area contributed by atoms with E-state index in [4.69, 9.17) is 0 Å². The van der Waals surface area contributed by atoms with Gasteiger partial charge in [0, 0.05) is 31.9 Å². The lowest BCUT2D eigenvalue weighted by molar-refractivity contribution is -0.119. The molecule has 0 bridgehead atoms. The van der Waals surface area contributed by atoms with Crippen LogP contribution in [0.3, 0.4) is 0 Å². The van der Waals surface area contributed by atoms with Gasteiger partial charge in [-0.15, -0.1) is 0 Å². The van der Waals surface area contributed by atoms with Crippen LogP contribution < -0.4 is 20.9 Å². The van der Waals surface area contributed by atoms with Gasteiger partial charge in [-0.1, -0.05) is 12.1 Å². The molecule has 6 nitrogen and oxygen atoms in total. The summed E-state index contributed by atoms with van der Waals surface area (Å²) in [4.78, 5) is 25.0. The Morgan fingerprint density at radius 1 is 1.27 bits per heavy atom. The molecular formula is C16H24N4O2. The maximum atomic E-state index is 11.6. The largest absolute Gasteiger partial charge is 0.372 e. The van der Waals surface area contributed by atoms with Crippen LogP contribution in [0.25, 0.3) is 0 Å². The predicted octanol–water partition coefficient (Wildman–Crippen LogP) is 1.39. The summed E-state index contributed by atoms with van der Waals surface area (Å²) in [6.45, 7) is 4.33. The van der Waals surface area contributed by atoms with Gasteiger partial charge in [0.25, 0.3) is 0 Å². The molecule has 22 heavy (non-hydrogen) atoms. The number of anilines is 1. The zero-order valence-corrected chi connectivity index (χ0v) is 13.2. The molecule has 120 valence electrons. The molecule has 1 heterocycles. The maximum absolute atomic E-state index is 11.6. The number of nitrogens with one attached hydrogen (secondary N) is 3. The molecular weight excluding hydrogens is 280 g/mol. The molecule has 1 aromatic carbocycles. The fourth-order valence-corrected chi connectivity index (χ4v) is 2.56. The first-order valence-corrected chi connectivity index (χ1v) is 7.70. The Kier molecular flexibility index (Phi) is 5.77. The van der Waals surface area contributed by atoms with E-state index in [2.05, 4.69) is 33.0 Å². The molecule has 2 rings (SSSR count). The molecule has 0 radical (unpaired) electrons. The number of nitrogens with zero attached hydrogens (tertiary/aromatic N) is 1. The van der Waals surface area contributed by atoms with Gasteiger partial charge in [0.05, 0.1) is 6.54 Å². The van der Waals surface area contributed by atoms with Gasteiger partial charge in [-0.05, 0) is 37.5 Å². The van der Waals surface area contributed by atoms with E-state index in [0.29, 0.717) is 0 Å². The van der Waals surface area contributed by atoms with Crippen molar-refractivity contribution >= 4 is 17.6 Å². The van der Waals surface area contributed by atoms with Gasteiger partial charge in [0.15, 0.2) is 0 Å². The Balaban J connectivity index is 1.89. The number of hydrogen-bond donors (Lipinski definition) is 3. The zero-order chi connectivity index (χ0) is 15.9. The summed E-state index contributed by atoms with van der Waals surface area (Å²) >= 11 is 0. The molecule has 6 heteroatoms. The summed E-state index contributed by atoms with van der Waals surface area (Å²) in [7, 11) is 1.47. The highest BCUT2D eigenvalue weighted by Crippen LogP contribution is 2.23. The molecule has 1 aliphatic heterocycles. The van der Waals surface area contributed by atoms with Gasteiger partial charge >= 0.3 is 6.03 Å². The highest BCUT2D eigenvalue weighted by molar-refractivity contribution is 5.95. The summed E-state index contributed by atoms with van der Waals surface area (Å²) in [6.07, 6.45) is 2.50. The molecule has 1 saturated heterocycles. The summed E-state index contributed by atoms with van der Waals surface area (Å²) < 4.78 is 0. The van der Waals surface area contributed by atoms with Crippen LogP contribution >= 0.6 is 0 Å². The molecule has 0 aliphatic carbocycles. The first kappa shape index (κ1) is 16.3. The molecule has 1 atom stereocenters. The molecule has 0 spiro atoms. The van der Waals surface area contributed by atoms with Gasteiger partial charge in [-0.2, -0.15) is 0 Å². The van der Waals surface area contributed by atoms with Gasteiger partial charge in [0.2, 0.25) is 5.91 Å². The lowest BCUT2D eigenvalue weighted by Crippen LogP contribution is -2.42. The number of benzene rings is 1. The second-order valence-electron chi connectivity index (χ2n) is 5.52. The third-order valence-corrected chi connectivity index (χ3v) is 3.89. The minimum Gasteiger partial charge on any atom is -0.372 e. The summed E-state index contributed by atoms with van der Waals surface area (Å²) in [6, 6.07) is 7.94. The van der Waals surface area contributed by atoms with Crippen molar-refractivity contribution in [3.05, 3.63) is 29.8 Å². The average molecular weight is 304 g/mol. The van der Waals surface area contributed by atoms with Crippen LogP contribution in [-0.4, -0.2) is 38.6 Å². The van der Waals surface area contributed by atoms with E-state index in [9.17, 15) is 9.59 Å². The maximum Gasteiger partial charge on any atom is 0.321 e. The fraction of sp³-hybridized carbons (Fsp3) is 0.500. The third kappa shape index (κ3) is 4.46. The van der Waals surface area contributed by atoms with E-state index < -0.39 is 6.03 Å². The highest BCUT2D eigenvalue weighted by Gasteiger charge is 2.14. The van der Waals surface area contributed by atoms with Crippen molar-refractivity contribution in [2.24, 2.45) is 0 Å². The number of hydrogen-bond acceptors (Lipinski definition) is 4. The zero-order valence-electron chi connectivity index (χ0n) is 13.2. The quantitative estimate of drug-likeness (QED) is 0.768. The van der Waals surface area contributed by atoms with Crippen molar-refractivity contribution in [1.82, 2.24) is 16.0 Å². The Labute approximate surface area is 131 Å². The molecule has 1 aliphatic rings. The molecule has 0 saturated carbocycles. The van der Waals surface area contributed by atoms with Gasteiger partial charge in [-0.3, -0.25) is 10.1 Å². The van der Waals surface area contributed by atoms with Crippen molar-refractivity contribution < 1.29 is 9.59 Å². The van der Waals surface area contributed by atoms with Crippen LogP contribution in [-0.2, 0) is 4.79 Å². The molecule has 1 aromatic rings. The normalized spacial score (nSPS) is 15.5. The van der Waals surface area contributed by atoms with Gasteiger partial charge < -0.3 is 15.5 Å². The van der Waals surface area contributed by atoms with Crippen LogP contribution in [0.15, 0.2) is 24.3 Å². The Morgan fingerprint density at radius 3 is 2.68 bits per heavy atom. The second kappa shape index (κ2) is 7.79. The molecule has 0 unspecified atom stereocenters. The van der Waals surface area contributed by atoms with Gasteiger partial charge in [0.1, 0.15) is 0 Å². The first-order chi connectivity index (χ1) is 10.6. The van der Waals surface area contributed by atoms with Crippen LogP contribution in [0.4, 0.5) is 10.5 Å². The number of imide groups is 1. The highest BCUT2D eigenvalue weighted by atomic mass is 16.2. The Morgan fingerprint density at radius 2 is 2.00 bits per heavy atom. The SMILES string of the molecule is CNC(=O)NC(=O)CN[C@@H](C)c1cccc(N2CCCC2)c1. The monoisotopic (exact) mass is 304 g/mol.